The van der Waals surface area contributed by atoms with E-state index in [0.717, 1.165) is 12.0 Å². The summed E-state index contributed by atoms with van der Waals surface area (Å²) in [6.45, 7) is 3.30. The van der Waals surface area contributed by atoms with Crippen LogP contribution in [0.5, 0.6) is 0 Å². The Bertz CT molecular complexity index is 730. The summed E-state index contributed by atoms with van der Waals surface area (Å²) in [5.74, 6) is 1.23. The van der Waals surface area contributed by atoms with Crippen molar-refractivity contribution in [2.24, 2.45) is 0 Å². The number of carbonyl (C=O) groups excluding carboxylic acids is 1. The number of hydrogen-bond donors (Lipinski definition) is 2. The van der Waals surface area contributed by atoms with Gasteiger partial charge in [0.2, 0.25) is 5.91 Å². The molecule has 0 radical (unpaired) electrons. The van der Waals surface area contributed by atoms with Crippen molar-refractivity contribution in [1.29, 1.82) is 0 Å². The van der Waals surface area contributed by atoms with Crippen LogP contribution in [0.4, 0.5) is 5.69 Å². The number of amides is 1. The minimum absolute atomic E-state index is 0.0113. The summed E-state index contributed by atoms with van der Waals surface area (Å²) in [6, 6.07) is 8.10. The molecule has 0 saturated heterocycles. The Balaban J connectivity index is 1.96. The smallest absolute Gasteiger partial charge is 0.270 e. The highest BCUT2D eigenvalue weighted by atomic mass is 79.9. The standard InChI is InChI=1S/C16H18BrN3O4/c1-2-7-19-16(21)10-18-9-12-4-6-15(24-12)13-5-3-11(20(22)23)8-14(13)17/h3-6,8,18H,2,7,9-10H2,1H3,(H,19,21). The highest BCUT2D eigenvalue weighted by molar-refractivity contribution is 9.10. The summed E-state index contributed by atoms with van der Waals surface area (Å²) in [5.41, 5.74) is 0.740. The molecule has 1 aromatic carbocycles. The predicted molar refractivity (Wildman–Crippen MR) is 93.5 cm³/mol. The van der Waals surface area contributed by atoms with E-state index >= 15 is 0 Å². The number of halogens is 1. The lowest BCUT2D eigenvalue weighted by atomic mass is 10.1. The van der Waals surface area contributed by atoms with Gasteiger partial charge in [-0.05, 0) is 40.5 Å². The number of nitro benzene ring substituents is 1. The molecule has 0 atom stereocenters. The molecule has 24 heavy (non-hydrogen) atoms. The summed E-state index contributed by atoms with van der Waals surface area (Å²) < 4.78 is 6.31. The SMILES string of the molecule is CCCNC(=O)CNCc1ccc(-c2ccc([N+](=O)[O-])cc2Br)o1. The molecule has 0 unspecified atom stereocenters. The average molecular weight is 396 g/mol. The first kappa shape index (κ1) is 18.2. The Morgan fingerprint density at radius 1 is 1.33 bits per heavy atom. The second-order valence-electron chi connectivity index (χ2n) is 5.14. The van der Waals surface area contributed by atoms with Gasteiger partial charge < -0.3 is 15.1 Å². The molecule has 1 aromatic heterocycles. The van der Waals surface area contributed by atoms with Crippen molar-refractivity contribution < 1.29 is 14.1 Å². The van der Waals surface area contributed by atoms with E-state index in [-0.39, 0.29) is 18.1 Å². The van der Waals surface area contributed by atoms with Gasteiger partial charge in [-0.25, -0.2) is 0 Å². The van der Waals surface area contributed by atoms with E-state index in [9.17, 15) is 14.9 Å². The Hall–Kier alpha value is -2.19. The number of nitrogens with one attached hydrogen (secondary N) is 2. The van der Waals surface area contributed by atoms with Gasteiger partial charge >= 0.3 is 0 Å². The van der Waals surface area contributed by atoms with Crippen molar-refractivity contribution in [2.45, 2.75) is 19.9 Å². The van der Waals surface area contributed by atoms with Crippen LogP contribution in [0, 0.1) is 10.1 Å². The second kappa shape index (κ2) is 8.60. The van der Waals surface area contributed by atoms with Gasteiger partial charge in [0.1, 0.15) is 11.5 Å². The Labute approximate surface area is 147 Å². The number of furan rings is 1. The van der Waals surface area contributed by atoms with Gasteiger partial charge in [-0.3, -0.25) is 14.9 Å². The van der Waals surface area contributed by atoms with Crippen molar-refractivity contribution in [3.63, 3.8) is 0 Å². The highest BCUT2D eigenvalue weighted by Crippen LogP contribution is 2.32. The van der Waals surface area contributed by atoms with Crippen LogP contribution >= 0.6 is 15.9 Å². The van der Waals surface area contributed by atoms with Crippen LogP contribution in [0.15, 0.2) is 39.2 Å². The molecule has 0 aliphatic heterocycles. The van der Waals surface area contributed by atoms with E-state index in [2.05, 4.69) is 26.6 Å². The maximum absolute atomic E-state index is 11.5. The van der Waals surface area contributed by atoms with Crippen molar-refractivity contribution in [2.75, 3.05) is 13.1 Å². The van der Waals surface area contributed by atoms with Crippen LogP contribution in [0.1, 0.15) is 19.1 Å². The molecule has 2 rings (SSSR count). The molecular formula is C16H18BrN3O4. The summed E-state index contributed by atoms with van der Waals surface area (Å²) in [5, 5.41) is 16.5. The highest BCUT2D eigenvalue weighted by Gasteiger charge is 2.13. The first-order valence-corrected chi connectivity index (χ1v) is 8.31. The van der Waals surface area contributed by atoms with Gasteiger partial charge in [-0.15, -0.1) is 0 Å². The number of rotatable bonds is 8. The third kappa shape index (κ3) is 4.90. The molecule has 0 aliphatic carbocycles. The molecule has 8 heteroatoms. The van der Waals surface area contributed by atoms with Crippen LogP contribution in [-0.4, -0.2) is 23.9 Å². The Kier molecular flexibility index (Phi) is 6.51. The quantitative estimate of drug-likeness (QED) is 0.528. The third-order valence-electron chi connectivity index (χ3n) is 3.25. The van der Waals surface area contributed by atoms with Gasteiger partial charge in [-0.1, -0.05) is 6.92 Å². The van der Waals surface area contributed by atoms with E-state index in [0.29, 0.717) is 29.1 Å². The normalized spacial score (nSPS) is 10.6. The maximum atomic E-state index is 11.5. The zero-order chi connectivity index (χ0) is 17.5. The number of nitro groups is 1. The fourth-order valence-corrected chi connectivity index (χ4v) is 2.62. The minimum Gasteiger partial charge on any atom is -0.460 e. The molecule has 0 aliphatic rings. The molecule has 7 nitrogen and oxygen atoms in total. The van der Waals surface area contributed by atoms with Gasteiger partial charge in [0.25, 0.3) is 5.69 Å². The Morgan fingerprint density at radius 3 is 2.79 bits per heavy atom. The van der Waals surface area contributed by atoms with Gasteiger partial charge in [0.15, 0.2) is 0 Å². The summed E-state index contributed by atoms with van der Waals surface area (Å²) >= 11 is 3.32. The summed E-state index contributed by atoms with van der Waals surface area (Å²) in [4.78, 5) is 21.8. The summed E-state index contributed by atoms with van der Waals surface area (Å²) in [6.07, 6.45) is 0.900. The Morgan fingerprint density at radius 2 is 2.12 bits per heavy atom. The number of nitrogens with zero attached hydrogens (tertiary/aromatic N) is 1. The van der Waals surface area contributed by atoms with Crippen LogP contribution in [-0.2, 0) is 11.3 Å². The van der Waals surface area contributed by atoms with Crippen LogP contribution in [0.25, 0.3) is 11.3 Å². The zero-order valence-electron chi connectivity index (χ0n) is 13.2. The molecule has 0 bridgehead atoms. The zero-order valence-corrected chi connectivity index (χ0v) is 14.8. The van der Waals surface area contributed by atoms with Gasteiger partial charge in [0.05, 0.1) is 18.0 Å². The van der Waals surface area contributed by atoms with E-state index in [4.69, 9.17) is 4.42 Å². The van der Waals surface area contributed by atoms with Crippen LogP contribution < -0.4 is 10.6 Å². The van der Waals surface area contributed by atoms with Crippen molar-refractivity contribution in [3.05, 3.63) is 50.7 Å². The molecular weight excluding hydrogens is 378 g/mol. The monoisotopic (exact) mass is 395 g/mol. The van der Waals surface area contributed by atoms with E-state index in [1.54, 1.807) is 18.2 Å². The minimum atomic E-state index is -0.449. The largest absolute Gasteiger partial charge is 0.460 e. The second-order valence-corrected chi connectivity index (χ2v) is 6.00. The van der Waals surface area contributed by atoms with Crippen LogP contribution in [0.3, 0.4) is 0 Å². The van der Waals surface area contributed by atoms with E-state index in [1.165, 1.54) is 12.1 Å². The van der Waals surface area contributed by atoms with Crippen molar-refractivity contribution in [1.82, 2.24) is 10.6 Å². The van der Waals surface area contributed by atoms with Crippen molar-refractivity contribution in [3.8, 4) is 11.3 Å². The number of carbonyl (C=O) groups is 1. The first-order chi connectivity index (χ1) is 11.5. The molecule has 0 spiro atoms. The van der Waals surface area contributed by atoms with Crippen LogP contribution in [0.2, 0.25) is 0 Å². The average Bonchev–Trinajstić information content (AvgIpc) is 3.01. The molecule has 0 fully saturated rings. The topological polar surface area (TPSA) is 97.4 Å². The molecule has 128 valence electrons. The molecule has 2 N–H and O–H groups in total. The van der Waals surface area contributed by atoms with E-state index < -0.39 is 4.92 Å². The molecule has 1 heterocycles. The molecule has 2 aromatic rings. The number of non-ortho nitro benzene ring substituents is 1. The fraction of sp³-hybridized carbons (Fsp3) is 0.312. The van der Waals surface area contributed by atoms with E-state index in [1.807, 2.05) is 6.92 Å². The third-order valence-corrected chi connectivity index (χ3v) is 3.90. The first-order valence-electron chi connectivity index (χ1n) is 7.51. The molecule has 1 amide bonds. The maximum Gasteiger partial charge on any atom is 0.270 e. The van der Waals surface area contributed by atoms with Crippen molar-refractivity contribution >= 4 is 27.5 Å². The number of benzene rings is 1. The lowest BCUT2D eigenvalue weighted by molar-refractivity contribution is -0.384. The lowest BCUT2D eigenvalue weighted by Gasteiger charge is -2.04. The van der Waals surface area contributed by atoms with Gasteiger partial charge in [-0.2, -0.15) is 0 Å². The molecule has 0 saturated carbocycles. The van der Waals surface area contributed by atoms with Gasteiger partial charge in [0, 0.05) is 28.7 Å². The number of hydrogen-bond acceptors (Lipinski definition) is 5. The lowest BCUT2D eigenvalue weighted by Crippen LogP contribution is -2.33. The fourth-order valence-electron chi connectivity index (χ4n) is 2.06. The predicted octanol–water partition coefficient (Wildman–Crippen LogP) is 3.23. The summed E-state index contributed by atoms with van der Waals surface area (Å²) in [7, 11) is 0.